The molecule has 0 bridgehead atoms. The van der Waals surface area contributed by atoms with Crippen LogP contribution in [0.2, 0.25) is 0 Å². The first-order valence-corrected chi connectivity index (χ1v) is 4.98. The minimum atomic E-state index is -2.79. The number of ketones is 1. The van der Waals surface area contributed by atoms with Gasteiger partial charge in [0.1, 0.15) is 0 Å². The van der Waals surface area contributed by atoms with E-state index in [0.29, 0.717) is 0 Å². The molecule has 0 spiro atoms. The predicted octanol–water partition coefficient (Wildman–Crippen LogP) is 3.30. The second-order valence-electron chi connectivity index (χ2n) is 3.54. The van der Waals surface area contributed by atoms with Crippen molar-refractivity contribution in [3.63, 3.8) is 0 Å². The summed E-state index contributed by atoms with van der Waals surface area (Å²) in [5, 5.41) is 10.8. The number of nitrogens with zero attached hydrogens (tertiary/aromatic N) is 1. The van der Waals surface area contributed by atoms with E-state index < -0.39 is 28.4 Å². The monoisotopic (exact) mass is 243 g/mol. The third-order valence-electron chi connectivity index (χ3n) is 2.40. The second-order valence-corrected chi connectivity index (χ2v) is 3.54. The maximum atomic E-state index is 12.6. The summed E-state index contributed by atoms with van der Waals surface area (Å²) >= 11 is 0. The van der Waals surface area contributed by atoms with E-state index in [2.05, 4.69) is 0 Å². The standard InChI is InChI=1S/C11H11F2NO3/c1-3-7-4-8(11(12)13)5-9(14(16)17)10(7)6(2)15/h4-5,11H,3H2,1-2H3. The van der Waals surface area contributed by atoms with Crippen molar-refractivity contribution < 1.29 is 18.5 Å². The van der Waals surface area contributed by atoms with Crippen LogP contribution in [0.5, 0.6) is 0 Å². The van der Waals surface area contributed by atoms with E-state index in [4.69, 9.17) is 0 Å². The summed E-state index contributed by atoms with van der Waals surface area (Å²) in [6, 6.07) is 1.91. The van der Waals surface area contributed by atoms with Crippen LogP contribution in [0.1, 0.15) is 41.8 Å². The number of aryl methyl sites for hydroxylation is 1. The zero-order valence-electron chi connectivity index (χ0n) is 9.37. The Hall–Kier alpha value is -1.85. The minimum Gasteiger partial charge on any atom is -0.294 e. The van der Waals surface area contributed by atoms with E-state index in [1.54, 1.807) is 6.92 Å². The minimum absolute atomic E-state index is 0.0816. The molecule has 0 atom stereocenters. The van der Waals surface area contributed by atoms with Gasteiger partial charge in [0.15, 0.2) is 5.78 Å². The van der Waals surface area contributed by atoms with Crippen molar-refractivity contribution in [2.24, 2.45) is 0 Å². The molecule has 1 rings (SSSR count). The topological polar surface area (TPSA) is 60.2 Å². The Morgan fingerprint density at radius 3 is 2.41 bits per heavy atom. The van der Waals surface area contributed by atoms with Crippen LogP contribution < -0.4 is 0 Å². The molecule has 1 aromatic carbocycles. The number of carbonyl (C=O) groups excluding carboxylic acids is 1. The normalized spacial score (nSPS) is 10.6. The summed E-state index contributed by atoms with van der Waals surface area (Å²) in [6.07, 6.45) is -2.50. The first-order valence-electron chi connectivity index (χ1n) is 4.98. The van der Waals surface area contributed by atoms with Crippen molar-refractivity contribution in [1.82, 2.24) is 0 Å². The second kappa shape index (κ2) is 4.99. The van der Waals surface area contributed by atoms with Crippen LogP contribution in [0.25, 0.3) is 0 Å². The molecule has 0 aromatic heterocycles. The van der Waals surface area contributed by atoms with Crippen LogP contribution in [0.3, 0.4) is 0 Å². The van der Waals surface area contributed by atoms with Crippen LogP contribution in [0.15, 0.2) is 12.1 Å². The molecule has 0 aliphatic rings. The van der Waals surface area contributed by atoms with Crippen LogP contribution in [-0.4, -0.2) is 10.7 Å². The number of hydrogen-bond acceptors (Lipinski definition) is 3. The van der Waals surface area contributed by atoms with E-state index in [0.717, 1.165) is 12.1 Å². The molecule has 92 valence electrons. The van der Waals surface area contributed by atoms with Gasteiger partial charge in [-0.05, 0) is 25.0 Å². The summed E-state index contributed by atoms with van der Waals surface area (Å²) in [5.74, 6) is -0.491. The Morgan fingerprint density at radius 1 is 1.47 bits per heavy atom. The molecule has 6 heteroatoms. The molecule has 1 aromatic rings. The number of benzene rings is 1. The predicted molar refractivity (Wildman–Crippen MR) is 57.4 cm³/mol. The Morgan fingerprint density at radius 2 is 2.06 bits per heavy atom. The fraction of sp³-hybridized carbons (Fsp3) is 0.364. The molecule has 17 heavy (non-hydrogen) atoms. The van der Waals surface area contributed by atoms with Gasteiger partial charge in [0, 0.05) is 11.6 Å². The molecule has 0 saturated heterocycles. The molecule has 0 aliphatic heterocycles. The molecular formula is C11H11F2NO3. The third-order valence-corrected chi connectivity index (χ3v) is 2.40. The SMILES string of the molecule is CCc1cc(C(F)F)cc([N+](=O)[O-])c1C(C)=O. The van der Waals surface area contributed by atoms with Crippen molar-refractivity contribution in [1.29, 1.82) is 0 Å². The Kier molecular flexibility index (Phi) is 3.88. The number of carbonyl (C=O) groups is 1. The highest BCUT2D eigenvalue weighted by atomic mass is 19.3. The van der Waals surface area contributed by atoms with E-state index in [1.807, 2.05) is 0 Å². The lowest BCUT2D eigenvalue weighted by atomic mass is 9.97. The van der Waals surface area contributed by atoms with Gasteiger partial charge in [0.05, 0.1) is 10.5 Å². The molecule has 0 heterocycles. The van der Waals surface area contributed by atoms with Gasteiger partial charge < -0.3 is 0 Å². The van der Waals surface area contributed by atoms with Crippen LogP contribution in [0, 0.1) is 10.1 Å². The van der Waals surface area contributed by atoms with Crippen LogP contribution in [0.4, 0.5) is 14.5 Å². The number of halogens is 2. The highest BCUT2D eigenvalue weighted by molar-refractivity contribution is 5.99. The van der Waals surface area contributed by atoms with E-state index >= 15 is 0 Å². The summed E-state index contributed by atoms with van der Waals surface area (Å²) in [5.41, 5.74) is -0.783. The number of hydrogen-bond donors (Lipinski definition) is 0. The lowest BCUT2D eigenvalue weighted by Gasteiger charge is -2.08. The summed E-state index contributed by atoms with van der Waals surface area (Å²) in [4.78, 5) is 21.3. The van der Waals surface area contributed by atoms with Gasteiger partial charge in [-0.2, -0.15) is 0 Å². The van der Waals surface area contributed by atoms with Gasteiger partial charge >= 0.3 is 0 Å². The van der Waals surface area contributed by atoms with Gasteiger partial charge in [0.2, 0.25) is 0 Å². The maximum Gasteiger partial charge on any atom is 0.280 e. The molecule has 0 saturated carbocycles. The largest absolute Gasteiger partial charge is 0.294 e. The summed E-state index contributed by atoms with van der Waals surface area (Å²) < 4.78 is 25.1. The molecule has 0 unspecified atom stereocenters. The fourth-order valence-corrected chi connectivity index (χ4v) is 1.66. The first-order chi connectivity index (χ1) is 7.88. The molecule has 0 radical (unpaired) electrons. The Labute approximate surface area is 96.4 Å². The number of nitro groups is 1. The maximum absolute atomic E-state index is 12.6. The van der Waals surface area contributed by atoms with Crippen molar-refractivity contribution in [3.05, 3.63) is 38.9 Å². The van der Waals surface area contributed by atoms with Gasteiger partial charge in [-0.15, -0.1) is 0 Å². The van der Waals surface area contributed by atoms with Crippen LogP contribution in [-0.2, 0) is 6.42 Å². The average molecular weight is 243 g/mol. The van der Waals surface area contributed by atoms with Crippen molar-refractivity contribution >= 4 is 11.5 Å². The fourth-order valence-electron chi connectivity index (χ4n) is 1.66. The first kappa shape index (κ1) is 13.2. The molecule has 4 nitrogen and oxygen atoms in total. The van der Waals surface area contributed by atoms with Gasteiger partial charge in [0.25, 0.3) is 12.1 Å². The number of Topliss-reactive ketones (excluding diaryl/α,β-unsaturated/α-hetero) is 1. The lowest BCUT2D eigenvalue weighted by molar-refractivity contribution is -0.385. The summed E-state index contributed by atoms with van der Waals surface area (Å²) in [6.45, 7) is 2.84. The van der Waals surface area contributed by atoms with Gasteiger partial charge in [-0.1, -0.05) is 6.92 Å². The van der Waals surface area contributed by atoms with E-state index in [-0.39, 0.29) is 17.5 Å². The molecular weight excluding hydrogens is 232 g/mol. The van der Waals surface area contributed by atoms with Gasteiger partial charge in [-0.3, -0.25) is 14.9 Å². The van der Waals surface area contributed by atoms with Crippen LogP contribution >= 0.6 is 0 Å². The smallest absolute Gasteiger partial charge is 0.280 e. The Bertz CT molecular complexity index is 472. The zero-order chi connectivity index (χ0) is 13.2. The third kappa shape index (κ3) is 2.64. The van der Waals surface area contributed by atoms with E-state index in [1.165, 1.54) is 6.92 Å². The van der Waals surface area contributed by atoms with Gasteiger partial charge in [-0.25, -0.2) is 8.78 Å². The number of nitro benzene ring substituents is 1. The van der Waals surface area contributed by atoms with Crippen molar-refractivity contribution in [2.45, 2.75) is 26.7 Å². The number of rotatable bonds is 4. The summed E-state index contributed by atoms with van der Waals surface area (Å²) in [7, 11) is 0. The number of alkyl halides is 2. The van der Waals surface area contributed by atoms with E-state index in [9.17, 15) is 23.7 Å². The Balaban J connectivity index is 3.57. The van der Waals surface area contributed by atoms with Crippen molar-refractivity contribution in [2.75, 3.05) is 0 Å². The quantitative estimate of drug-likeness (QED) is 0.463. The lowest BCUT2D eigenvalue weighted by Crippen LogP contribution is -2.06. The van der Waals surface area contributed by atoms with Crippen molar-refractivity contribution in [3.8, 4) is 0 Å². The molecule has 0 amide bonds. The average Bonchev–Trinajstić information content (AvgIpc) is 2.26. The highest BCUT2D eigenvalue weighted by Crippen LogP contribution is 2.30. The molecule has 0 aliphatic carbocycles. The molecule has 0 fully saturated rings. The highest BCUT2D eigenvalue weighted by Gasteiger charge is 2.24. The molecule has 0 N–H and O–H groups in total. The zero-order valence-corrected chi connectivity index (χ0v) is 9.37.